The quantitative estimate of drug-likeness (QED) is 0.600. The minimum absolute atomic E-state index is 0.141. The van der Waals surface area contributed by atoms with Crippen LogP contribution < -0.4 is 10.6 Å². The van der Waals surface area contributed by atoms with Gasteiger partial charge in [0.05, 0.1) is 0 Å². The second-order valence-corrected chi connectivity index (χ2v) is 7.96. The van der Waals surface area contributed by atoms with Crippen LogP contribution in [0.3, 0.4) is 0 Å². The van der Waals surface area contributed by atoms with E-state index in [0.717, 1.165) is 59.8 Å². The van der Waals surface area contributed by atoms with E-state index in [0.29, 0.717) is 5.56 Å². The Kier molecular flexibility index (Phi) is 6.44. The molecule has 2 aromatic carbocycles. The van der Waals surface area contributed by atoms with Crippen LogP contribution in [0.2, 0.25) is 0 Å². The number of aromatic nitrogens is 3. The van der Waals surface area contributed by atoms with Gasteiger partial charge in [-0.2, -0.15) is 0 Å². The average Bonchev–Trinajstić information content (AvgIpc) is 3.07. The third-order valence-electron chi connectivity index (χ3n) is 5.69. The number of amides is 2. The van der Waals surface area contributed by atoms with Crippen LogP contribution in [0.4, 0.5) is 5.69 Å². The predicted molar refractivity (Wildman–Crippen MR) is 125 cm³/mol. The molecule has 0 saturated heterocycles. The summed E-state index contributed by atoms with van der Waals surface area (Å²) in [5.74, 6) is 1.53. The molecule has 2 heterocycles. The Morgan fingerprint density at radius 1 is 1.03 bits per heavy atom. The molecule has 0 radical (unpaired) electrons. The number of hydrogen-bond donors (Lipinski definition) is 2. The summed E-state index contributed by atoms with van der Waals surface area (Å²) in [5, 5.41) is 14.4. The van der Waals surface area contributed by atoms with Crippen molar-refractivity contribution >= 4 is 23.6 Å². The van der Waals surface area contributed by atoms with E-state index in [1.165, 1.54) is 12.5 Å². The SMILES string of the molecule is CNC(=O)c1ccc(/C=C/C(=O)Nc2cc(-c3nnc4n3CCCCC4)ccc2C)cc1. The lowest BCUT2D eigenvalue weighted by atomic mass is 10.1. The van der Waals surface area contributed by atoms with E-state index in [-0.39, 0.29) is 11.8 Å². The van der Waals surface area contributed by atoms with E-state index in [1.54, 1.807) is 37.4 Å². The third kappa shape index (κ3) is 4.77. The Morgan fingerprint density at radius 2 is 1.84 bits per heavy atom. The van der Waals surface area contributed by atoms with Gasteiger partial charge in [0.25, 0.3) is 5.91 Å². The summed E-state index contributed by atoms with van der Waals surface area (Å²) >= 11 is 0. The second kappa shape index (κ2) is 9.60. The van der Waals surface area contributed by atoms with Gasteiger partial charge in [0.1, 0.15) is 5.82 Å². The Labute approximate surface area is 187 Å². The standard InChI is InChI=1S/C25H27N5O2/c1-17-7-11-20(24-29-28-22-6-4-3-5-15-30(22)24)16-21(17)27-23(31)14-10-18-8-12-19(13-9-18)25(32)26-2/h7-14,16H,3-6,15H2,1-2H3,(H,26,32)(H,27,31)/b14-10+. The van der Waals surface area contributed by atoms with Crippen LogP contribution in [-0.4, -0.2) is 33.6 Å². The molecule has 0 spiro atoms. The second-order valence-electron chi connectivity index (χ2n) is 7.96. The lowest BCUT2D eigenvalue weighted by Crippen LogP contribution is -2.17. The first-order chi connectivity index (χ1) is 15.5. The number of carbonyl (C=O) groups is 2. The molecule has 1 aliphatic heterocycles. The van der Waals surface area contributed by atoms with E-state index < -0.39 is 0 Å². The van der Waals surface area contributed by atoms with Gasteiger partial charge in [0.15, 0.2) is 5.82 Å². The summed E-state index contributed by atoms with van der Waals surface area (Å²) in [6.45, 7) is 2.89. The number of nitrogens with zero attached hydrogens (tertiary/aromatic N) is 3. The molecule has 0 bridgehead atoms. The summed E-state index contributed by atoms with van der Waals surface area (Å²) < 4.78 is 2.20. The Morgan fingerprint density at radius 3 is 2.62 bits per heavy atom. The molecule has 7 nitrogen and oxygen atoms in total. The van der Waals surface area contributed by atoms with Gasteiger partial charge in [0, 0.05) is 42.9 Å². The van der Waals surface area contributed by atoms with Crippen LogP contribution in [0, 0.1) is 6.92 Å². The minimum Gasteiger partial charge on any atom is -0.355 e. The van der Waals surface area contributed by atoms with Crippen molar-refractivity contribution < 1.29 is 9.59 Å². The summed E-state index contributed by atoms with van der Waals surface area (Å²) in [6, 6.07) is 13.0. The molecule has 2 amide bonds. The number of aryl methyl sites for hydroxylation is 2. The number of hydrogen-bond acceptors (Lipinski definition) is 4. The zero-order valence-corrected chi connectivity index (χ0v) is 18.4. The highest BCUT2D eigenvalue weighted by Gasteiger charge is 2.17. The molecular weight excluding hydrogens is 402 g/mol. The van der Waals surface area contributed by atoms with Gasteiger partial charge < -0.3 is 15.2 Å². The Hall–Kier alpha value is -3.74. The van der Waals surface area contributed by atoms with Crippen LogP contribution in [0.25, 0.3) is 17.5 Å². The van der Waals surface area contributed by atoms with Gasteiger partial charge in [-0.1, -0.05) is 30.7 Å². The molecule has 7 heteroatoms. The fourth-order valence-corrected chi connectivity index (χ4v) is 3.83. The number of anilines is 1. The van der Waals surface area contributed by atoms with Crippen molar-refractivity contribution in [2.75, 3.05) is 12.4 Å². The molecule has 32 heavy (non-hydrogen) atoms. The number of nitrogens with one attached hydrogen (secondary N) is 2. The first kappa shape index (κ1) is 21.5. The van der Waals surface area contributed by atoms with Gasteiger partial charge in [-0.25, -0.2) is 0 Å². The van der Waals surface area contributed by atoms with Gasteiger partial charge in [-0.05, 0) is 55.2 Å². The van der Waals surface area contributed by atoms with Crippen LogP contribution >= 0.6 is 0 Å². The van der Waals surface area contributed by atoms with E-state index in [2.05, 4.69) is 25.4 Å². The number of benzene rings is 2. The van der Waals surface area contributed by atoms with E-state index in [1.807, 2.05) is 25.1 Å². The maximum atomic E-state index is 12.5. The molecule has 4 rings (SSSR count). The average molecular weight is 430 g/mol. The number of rotatable bonds is 5. The molecule has 1 aromatic heterocycles. The van der Waals surface area contributed by atoms with Crippen molar-refractivity contribution in [3.05, 3.63) is 71.1 Å². The van der Waals surface area contributed by atoms with Gasteiger partial charge in [-0.3, -0.25) is 9.59 Å². The van der Waals surface area contributed by atoms with E-state index in [9.17, 15) is 9.59 Å². The summed E-state index contributed by atoms with van der Waals surface area (Å²) in [7, 11) is 1.59. The highest BCUT2D eigenvalue weighted by molar-refractivity contribution is 6.02. The molecule has 3 aromatic rings. The van der Waals surface area contributed by atoms with Crippen molar-refractivity contribution in [3.63, 3.8) is 0 Å². The molecule has 0 fully saturated rings. The van der Waals surface area contributed by atoms with E-state index in [4.69, 9.17) is 0 Å². The molecule has 0 aliphatic carbocycles. The number of carbonyl (C=O) groups excluding carboxylic acids is 2. The Bertz CT molecular complexity index is 1160. The largest absolute Gasteiger partial charge is 0.355 e. The zero-order chi connectivity index (χ0) is 22.5. The van der Waals surface area contributed by atoms with Crippen molar-refractivity contribution in [1.82, 2.24) is 20.1 Å². The first-order valence-corrected chi connectivity index (χ1v) is 10.9. The maximum absolute atomic E-state index is 12.5. The molecule has 1 aliphatic rings. The van der Waals surface area contributed by atoms with Gasteiger partial charge >= 0.3 is 0 Å². The fraction of sp³-hybridized carbons (Fsp3) is 0.280. The molecule has 164 valence electrons. The van der Waals surface area contributed by atoms with Crippen molar-refractivity contribution in [1.29, 1.82) is 0 Å². The lowest BCUT2D eigenvalue weighted by molar-refractivity contribution is -0.111. The summed E-state index contributed by atoms with van der Waals surface area (Å²) in [5.41, 5.74) is 4.08. The molecule has 2 N–H and O–H groups in total. The van der Waals surface area contributed by atoms with Crippen LogP contribution in [0.1, 0.15) is 46.6 Å². The smallest absolute Gasteiger partial charge is 0.251 e. The summed E-state index contributed by atoms with van der Waals surface area (Å²) in [6.07, 6.45) is 7.65. The third-order valence-corrected chi connectivity index (χ3v) is 5.69. The molecule has 0 atom stereocenters. The van der Waals surface area contributed by atoms with Crippen LogP contribution in [0.15, 0.2) is 48.5 Å². The number of fused-ring (bicyclic) bond motifs is 1. The predicted octanol–water partition coefficient (Wildman–Crippen LogP) is 3.99. The van der Waals surface area contributed by atoms with Gasteiger partial charge in [0.2, 0.25) is 5.91 Å². The van der Waals surface area contributed by atoms with E-state index >= 15 is 0 Å². The normalized spacial score (nSPS) is 13.4. The van der Waals surface area contributed by atoms with Crippen molar-refractivity contribution in [2.45, 2.75) is 39.2 Å². The Balaban J connectivity index is 1.49. The lowest BCUT2D eigenvalue weighted by Gasteiger charge is -2.11. The fourth-order valence-electron chi connectivity index (χ4n) is 3.83. The zero-order valence-electron chi connectivity index (χ0n) is 18.4. The topological polar surface area (TPSA) is 88.9 Å². The maximum Gasteiger partial charge on any atom is 0.251 e. The highest BCUT2D eigenvalue weighted by Crippen LogP contribution is 2.27. The highest BCUT2D eigenvalue weighted by atomic mass is 16.2. The summed E-state index contributed by atoms with van der Waals surface area (Å²) in [4.78, 5) is 24.2. The molecular formula is C25H27N5O2. The van der Waals surface area contributed by atoms with Crippen molar-refractivity contribution in [2.24, 2.45) is 0 Å². The van der Waals surface area contributed by atoms with Gasteiger partial charge in [-0.15, -0.1) is 10.2 Å². The van der Waals surface area contributed by atoms with Crippen LogP contribution in [0.5, 0.6) is 0 Å². The first-order valence-electron chi connectivity index (χ1n) is 10.9. The monoisotopic (exact) mass is 429 g/mol. The van der Waals surface area contributed by atoms with Crippen LogP contribution in [-0.2, 0) is 17.8 Å². The molecule has 0 unspecified atom stereocenters. The minimum atomic E-state index is -0.222. The van der Waals surface area contributed by atoms with Crippen molar-refractivity contribution in [3.8, 4) is 11.4 Å². The molecule has 0 saturated carbocycles.